The Bertz CT molecular complexity index is 993. The Labute approximate surface area is 173 Å². The maximum atomic E-state index is 5.20. The van der Waals surface area contributed by atoms with E-state index in [1.165, 1.54) is 43.0 Å². The van der Waals surface area contributed by atoms with Crippen LogP contribution in [0.5, 0.6) is 0 Å². The molecule has 28 heavy (non-hydrogen) atoms. The first kappa shape index (κ1) is 20.8. The van der Waals surface area contributed by atoms with Gasteiger partial charge < -0.3 is 4.90 Å². The summed E-state index contributed by atoms with van der Waals surface area (Å²) in [5.74, 6) is 0. The van der Waals surface area contributed by atoms with Crippen molar-refractivity contribution in [1.29, 1.82) is 0 Å². The molecule has 0 saturated carbocycles. The van der Waals surface area contributed by atoms with Crippen LogP contribution >= 0.6 is 11.3 Å². The van der Waals surface area contributed by atoms with Gasteiger partial charge in [-0.2, -0.15) is 0 Å². The molecule has 3 nitrogen and oxygen atoms in total. The van der Waals surface area contributed by atoms with Crippen LogP contribution in [-0.2, 0) is 12.8 Å². The third-order valence-corrected chi connectivity index (χ3v) is 6.80. The molecule has 1 heterocycles. The number of rotatable bonds is 7. The maximum Gasteiger partial charge on any atom is 0.201 e. The van der Waals surface area contributed by atoms with E-state index in [-0.39, 0.29) is 0 Å². The predicted molar refractivity (Wildman–Crippen MR) is 125 cm³/mol. The van der Waals surface area contributed by atoms with E-state index in [0.717, 1.165) is 39.0 Å². The molecule has 1 aromatic carbocycles. The molecule has 1 aromatic rings. The van der Waals surface area contributed by atoms with Gasteiger partial charge in [-0.3, -0.25) is 0 Å². The highest BCUT2D eigenvalue weighted by Gasteiger charge is 2.17. The molecule has 2 aliphatic rings. The molecule has 0 atom stereocenters. The van der Waals surface area contributed by atoms with Crippen molar-refractivity contribution in [3.63, 3.8) is 0 Å². The molecule has 0 bridgehead atoms. The molecule has 0 radical (unpaired) electrons. The first-order valence-corrected chi connectivity index (χ1v) is 11.6. The summed E-state index contributed by atoms with van der Waals surface area (Å²) in [5, 5.41) is 1.32. The second kappa shape index (κ2) is 9.04. The molecular weight excluding hydrogens is 362 g/mol. The first-order valence-electron chi connectivity index (χ1n) is 10.8. The SMILES string of the molecule is CCc1cc(=[N+](CC)CC)cc2sc3cc(N(CC)CC)cc(CC)c3nc1-2. The van der Waals surface area contributed by atoms with Crippen LogP contribution < -0.4 is 14.8 Å². The second-order valence-electron chi connectivity index (χ2n) is 7.17. The summed E-state index contributed by atoms with van der Waals surface area (Å²) in [5.41, 5.74) is 6.39. The van der Waals surface area contributed by atoms with Gasteiger partial charge in [0.15, 0.2) is 0 Å². The Morgan fingerprint density at radius 3 is 2.11 bits per heavy atom. The van der Waals surface area contributed by atoms with Crippen molar-refractivity contribution in [2.45, 2.75) is 54.4 Å². The summed E-state index contributed by atoms with van der Waals surface area (Å²) in [6, 6.07) is 9.37. The predicted octanol–water partition coefficient (Wildman–Crippen LogP) is 5.18. The number of benzene rings is 2. The maximum absolute atomic E-state index is 5.20. The van der Waals surface area contributed by atoms with Gasteiger partial charge in [0, 0.05) is 30.9 Å². The molecule has 0 spiro atoms. The summed E-state index contributed by atoms with van der Waals surface area (Å²) in [6.45, 7) is 17.5. The van der Waals surface area contributed by atoms with E-state index in [9.17, 15) is 0 Å². The standard InChI is InChI=1S/C24H34N3S/c1-7-17-13-19(26(9-3)10-4)15-21-23(17)25-24-18(8-2)14-20(16-22(24)28-21)27(11-5)12-6/h13-16H,7-12H2,1-6H3/q+1. The molecule has 0 amide bonds. The number of nitrogens with zero attached hydrogens (tertiary/aromatic N) is 3. The number of anilines is 1. The lowest BCUT2D eigenvalue weighted by Crippen LogP contribution is -2.30. The largest absolute Gasteiger partial charge is 0.372 e. The number of aryl methyl sites for hydroxylation is 2. The monoisotopic (exact) mass is 396 g/mol. The number of aromatic nitrogens is 1. The van der Waals surface area contributed by atoms with Crippen molar-refractivity contribution in [3.8, 4) is 10.6 Å². The quantitative estimate of drug-likeness (QED) is 0.405. The van der Waals surface area contributed by atoms with Crippen molar-refractivity contribution in [1.82, 2.24) is 9.56 Å². The van der Waals surface area contributed by atoms with Crippen LogP contribution in [-0.4, -0.2) is 31.2 Å². The van der Waals surface area contributed by atoms with Gasteiger partial charge in [0.2, 0.25) is 5.36 Å². The Morgan fingerprint density at radius 2 is 1.54 bits per heavy atom. The summed E-state index contributed by atoms with van der Waals surface area (Å²) >= 11 is 1.90. The van der Waals surface area contributed by atoms with Crippen molar-refractivity contribution in [2.24, 2.45) is 0 Å². The third kappa shape index (κ3) is 3.80. The van der Waals surface area contributed by atoms with E-state index in [4.69, 9.17) is 4.98 Å². The number of fused-ring (bicyclic) bond motifs is 2. The molecular formula is C24H34N3S+. The molecule has 0 saturated heterocycles. The molecule has 1 aliphatic carbocycles. The van der Waals surface area contributed by atoms with Crippen LogP contribution in [0.2, 0.25) is 0 Å². The van der Waals surface area contributed by atoms with Gasteiger partial charge in [-0.1, -0.05) is 13.8 Å². The Morgan fingerprint density at radius 1 is 0.857 bits per heavy atom. The van der Waals surface area contributed by atoms with Crippen LogP contribution in [0.1, 0.15) is 52.7 Å². The molecule has 0 aromatic heterocycles. The van der Waals surface area contributed by atoms with E-state index in [0.29, 0.717) is 0 Å². The van der Waals surface area contributed by atoms with E-state index >= 15 is 0 Å². The van der Waals surface area contributed by atoms with E-state index in [1.54, 1.807) is 0 Å². The zero-order valence-electron chi connectivity index (χ0n) is 18.3. The van der Waals surface area contributed by atoms with Crippen molar-refractivity contribution in [3.05, 3.63) is 40.7 Å². The molecule has 1 aliphatic heterocycles. The molecule has 4 heteroatoms. The number of hydrogen-bond donors (Lipinski definition) is 0. The topological polar surface area (TPSA) is 19.1 Å². The average molecular weight is 397 g/mol. The molecule has 0 fully saturated rings. The Kier molecular flexibility index (Phi) is 6.71. The second-order valence-corrected chi connectivity index (χ2v) is 8.25. The highest BCUT2D eigenvalue weighted by atomic mass is 32.1. The minimum atomic E-state index is 1.01. The zero-order chi connectivity index (χ0) is 20.3. The fraction of sp³-hybridized carbons (Fsp3) is 0.500. The highest BCUT2D eigenvalue weighted by molar-refractivity contribution is 7.21. The summed E-state index contributed by atoms with van der Waals surface area (Å²) < 4.78 is 3.73. The van der Waals surface area contributed by atoms with E-state index in [2.05, 4.69) is 75.3 Å². The Balaban J connectivity index is 2.37. The van der Waals surface area contributed by atoms with Crippen molar-refractivity contribution in [2.75, 3.05) is 31.1 Å². The first-order chi connectivity index (χ1) is 13.6. The number of hydrogen-bond acceptors (Lipinski definition) is 3. The normalized spacial score (nSPS) is 11.4. The molecule has 0 unspecified atom stereocenters. The molecule has 150 valence electrons. The van der Waals surface area contributed by atoms with E-state index < -0.39 is 0 Å². The minimum absolute atomic E-state index is 1.01. The van der Waals surface area contributed by atoms with Crippen LogP contribution in [0, 0.1) is 0 Å². The van der Waals surface area contributed by atoms with Gasteiger partial charge in [-0.05, 0) is 63.8 Å². The minimum Gasteiger partial charge on any atom is -0.372 e. The van der Waals surface area contributed by atoms with E-state index in [1.807, 2.05) is 11.3 Å². The average Bonchev–Trinajstić information content (AvgIpc) is 2.73. The highest BCUT2D eigenvalue weighted by Crippen LogP contribution is 2.36. The van der Waals surface area contributed by atoms with Gasteiger partial charge in [-0.25, -0.2) is 9.56 Å². The lowest BCUT2D eigenvalue weighted by atomic mass is 10.1. The van der Waals surface area contributed by atoms with Crippen molar-refractivity contribution >= 4 is 27.2 Å². The van der Waals surface area contributed by atoms with Gasteiger partial charge >= 0.3 is 0 Å². The van der Waals surface area contributed by atoms with Crippen LogP contribution in [0.3, 0.4) is 0 Å². The van der Waals surface area contributed by atoms with Gasteiger partial charge in [0.1, 0.15) is 13.1 Å². The van der Waals surface area contributed by atoms with Gasteiger partial charge in [0.25, 0.3) is 0 Å². The lowest BCUT2D eigenvalue weighted by molar-refractivity contribution is 0.626. The summed E-state index contributed by atoms with van der Waals surface area (Å²) in [4.78, 5) is 8.93. The summed E-state index contributed by atoms with van der Waals surface area (Å²) in [6.07, 6.45) is 2.02. The lowest BCUT2D eigenvalue weighted by Gasteiger charge is -2.23. The fourth-order valence-corrected chi connectivity index (χ4v) is 5.16. The van der Waals surface area contributed by atoms with Crippen LogP contribution in [0.25, 0.3) is 20.8 Å². The van der Waals surface area contributed by atoms with Crippen LogP contribution in [0.4, 0.5) is 5.69 Å². The molecule has 3 rings (SSSR count). The van der Waals surface area contributed by atoms with Gasteiger partial charge in [-0.15, -0.1) is 11.3 Å². The van der Waals surface area contributed by atoms with Crippen LogP contribution in [0.15, 0.2) is 24.3 Å². The van der Waals surface area contributed by atoms with Crippen molar-refractivity contribution < 1.29 is 0 Å². The smallest absolute Gasteiger partial charge is 0.201 e. The Hall–Kier alpha value is -1.94. The zero-order valence-corrected chi connectivity index (χ0v) is 19.1. The van der Waals surface area contributed by atoms with Gasteiger partial charge in [0.05, 0.1) is 20.8 Å². The fourth-order valence-electron chi connectivity index (χ4n) is 4.02. The molecule has 0 N–H and O–H groups in total. The third-order valence-electron chi connectivity index (χ3n) is 5.74. The summed E-state index contributed by atoms with van der Waals surface area (Å²) in [7, 11) is 0.